The van der Waals surface area contributed by atoms with Crippen LogP contribution in [-0.2, 0) is 19.1 Å². The number of anilines is 4. The summed E-state index contributed by atoms with van der Waals surface area (Å²) in [7, 11) is -7.33. The Morgan fingerprint density at radius 1 is 1.07 bits per heavy atom. The van der Waals surface area contributed by atoms with Crippen molar-refractivity contribution >= 4 is 40.8 Å². The topological polar surface area (TPSA) is 146 Å². The zero-order valence-electron chi connectivity index (χ0n) is 23.0. The fraction of sp³-hybridized carbons (Fsp3) is 0.407. The summed E-state index contributed by atoms with van der Waals surface area (Å²) in [6.07, 6.45) is 3.16. The lowest BCUT2D eigenvalue weighted by molar-refractivity contribution is 0.185. The van der Waals surface area contributed by atoms with Gasteiger partial charge >= 0.3 is 7.60 Å². The largest absolute Gasteiger partial charge is 0.340 e. The quantitative estimate of drug-likeness (QED) is 0.199. The van der Waals surface area contributed by atoms with Crippen molar-refractivity contribution in [3.8, 4) is 0 Å². The van der Waals surface area contributed by atoms with Gasteiger partial charge in [0.25, 0.3) is 0 Å². The molecule has 1 fully saturated rings. The van der Waals surface area contributed by atoms with Gasteiger partial charge in [-0.2, -0.15) is 9.29 Å². The van der Waals surface area contributed by atoms with Crippen LogP contribution in [0.5, 0.6) is 0 Å². The third kappa shape index (κ3) is 9.03. The van der Waals surface area contributed by atoms with Crippen LogP contribution in [0.3, 0.4) is 0 Å². The Balaban J connectivity index is 1.27. The average molecular weight is 607 g/mol. The molecule has 0 radical (unpaired) electrons. The highest BCUT2D eigenvalue weighted by Gasteiger charge is 2.30. The predicted octanol–water partition coefficient (Wildman–Crippen LogP) is 4.85. The van der Waals surface area contributed by atoms with Gasteiger partial charge in [-0.25, -0.2) is 17.8 Å². The summed E-state index contributed by atoms with van der Waals surface area (Å²) in [5.74, 6) is 0.491. The summed E-state index contributed by atoms with van der Waals surface area (Å²) >= 11 is 0. The van der Waals surface area contributed by atoms with Gasteiger partial charge in [-0.3, -0.25) is 4.57 Å². The van der Waals surface area contributed by atoms with Gasteiger partial charge in [-0.1, -0.05) is 6.92 Å². The lowest BCUT2D eigenvalue weighted by Crippen LogP contribution is -2.45. The first-order chi connectivity index (χ1) is 19.5. The average Bonchev–Trinajstić information content (AvgIpc) is 2.95. The molecule has 2 aromatic carbocycles. The van der Waals surface area contributed by atoms with Gasteiger partial charge in [-0.05, 0) is 80.8 Å². The van der Waals surface area contributed by atoms with E-state index in [0.29, 0.717) is 62.0 Å². The molecular formula is C27H36FN6O5PS. The second kappa shape index (κ2) is 13.8. The number of hydrogen-bond donors (Lipinski definition) is 4. The second-order valence-electron chi connectivity index (χ2n) is 9.86. The highest BCUT2D eigenvalue weighted by atomic mass is 32.2. The maximum absolute atomic E-state index is 13.2. The summed E-state index contributed by atoms with van der Waals surface area (Å²) in [6, 6.07) is 14.0. The molecule has 1 saturated heterocycles. The molecule has 0 saturated carbocycles. The maximum atomic E-state index is 13.2. The number of nitrogens with zero attached hydrogens (tertiary/aromatic N) is 3. The molecule has 4 N–H and O–H groups in total. The fourth-order valence-electron chi connectivity index (χ4n) is 4.28. The first-order valence-corrected chi connectivity index (χ1v) is 16.7. The van der Waals surface area contributed by atoms with Crippen LogP contribution in [0, 0.1) is 5.82 Å². The van der Waals surface area contributed by atoms with E-state index in [1.165, 1.54) is 16.4 Å². The number of nitrogens with one attached hydrogen (secondary N) is 3. The van der Waals surface area contributed by atoms with Gasteiger partial charge in [-0.15, -0.1) is 0 Å². The summed E-state index contributed by atoms with van der Waals surface area (Å²) in [5, 5.41) is 9.39. The van der Waals surface area contributed by atoms with Crippen molar-refractivity contribution in [1.82, 2.24) is 19.6 Å². The number of halogens is 1. The minimum atomic E-state index is -3.67. The Morgan fingerprint density at radius 3 is 2.37 bits per heavy atom. The van der Waals surface area contributed by atoms with Crippen LogP contribution in [0.4, 0.5) is 27.5 Å². The SMILES string of the molecule is CCC(C)OP(=O)(O)CCNC1CCN(S(=O)(=O)c2ccc(Nc3nccc(Nc4ccc(F)cc4)n3)cc2)CC1. The van der Waals surface area contributed by atoms with E-state index in [9.17, 15) is 22.3 Å². The van der Waals surface area contributed by atoms with Crippen LogP contribution < -0.4 is 16.0 Å². The van der Waals surface area contributed by atoms with Crippen LogP contribution in [0.1, 0.15) is 33.1 Å². The van der Waals surface area contributed by atoms with Crippen LogP contribution in [0.25, 0.3) is 0 Å². The van der Waals surface area contributed by atoms with Crippen molar-refractivity contribution in [3.63, 3.8) is 0 Å². The Morgan fingerprint density at radius 2 is 1.71 bits per heavy atom. The molecule has 3 aromatic rings. The third-order valence-electron chi connectivity index (χ3n) is 6.72. The first-order valence-electron chi connectivity index (χ1n) is 13.5. The van der Waals surface area contributed by atoms with Gasteiger partial charge in [0.2, 0.25) is 16.0 Å². The monoisotopic (exact) mass is 606 g/mol. The molecule has 41 heavy (non-hydrogen) atoms. The molecule has 0 aliphatic carbocycles. The summed E-state index contributed by atoms with van der Waals surface area (Å²) < 4.78 is 58.4. The molecule has 1 aliphatic heterocycles. The van der Waals surface area contributed by atoms with Crippen molar-refractivity contribution in [2.45, 2.75) is 50.2 Å². The van der Waals surface area contributed by atoms with Gasteiger partial charge in [0, 0.05) is 43.2 Å². The summed E-state index contributed by atoms with van der Waals surface area (Å²) in [4.78, 5) is 18.8. The lowest BCUT2D eigenvalue weighted by Gasteiger charge is -2.32. The van der Waals surface area contributed by atoms with E-state index in [2.05, 4.69) is 25.9 Å². The van der Waals surface area contributed by atoms with E-state index in [0.717, 1.165) is 0 Å². The third-order valence-corrected chi connectivity index (χ3v) is 10.1. The van der Waals surface area contributed by atoms with Crippen molar-refractivity contribution in [1.29, 1.82) is 0 Å². The fourth-order valence-corrected chi connectivity index (χ4v) is 6.97. The molecule has 0 spiro atoms. The summed E-state index contributed by atoms with van der Waals surface area (Å²) in [6.45, 7) is 4.68. The van der Waals surface area contributed by atoms with Gasteiger partial charge in [0.15, 0.2) is 0 Å². The molecule has 2 heterocycles. The Bertz CT molecular complexity index is 1440. The minimum Gasteiger partial charge on any atom is -0.340 e. The number of hydrogen-bond acceptors (Lipinski definition) is 9. The highest BCUT2D eigenvalue weighted by Crippen LogP contribution is 2.43. The van der Waals surface area contributed by atoms with E-state index in [1.807, 2.05) is 6.92 Å². The number of rotatable bonds is 13. The van der Waals surface area contributed by atoms with E-state index in [-0.39, 0.29) is 29.0 Å². The Hall–Kier alpha value is -2.93. The van der Waals surface area contributed by atoms with Crippen LogP contribution in [0.15, 0.2) is 65.7 Å². The first kappa shape index (κ1) is 31.0. The predicted molar refractivity (Wildman–Crippen MR) is 157 cm³/mol. The van der Waals surface area contributed by atoms with Crippen molar-refractivity contribution in [2.75, 3.05) is 36.4 Å². The Kier molecular flexibility index (Phi) is 10.5. The van der Waals surface area contributed by atoms with Crippen LogP contribution >= 0.6 is 7.60 Å². The van der Waals surface area contributed by atoms with E-state index in [1.54, 1.807) is 55.6 Å². The zero-order chi connectivity index (χ0) is 29.5. The molecule has 1 aliphatic rings. The van der Waals surface area contributed by atoms with Gasteiger partial charge < -0.3 is 25.4 Å². The zero-order valence-corrected chi connectivity index (χ0v) is 24.7. The van der Waals surface area contributed by atoms with Crippen LogP contribution in [0.2, 0.25) is 0 Å². The van der Waals surface area contributed by atoms with Crippen molar-refractivity contribution in [2.24, 2.45) is 0 Å². The standard InChI is InChI=1S/C27H36FN6O5PS/c1-3-20(2)39-40(35,36)19-16-29-22-13-17-34(18-14-22)41(37,38)25-10-8-24(9-11-25)32-27-30-15-12-26(33-27)31-23-6-4-21(28)5-7-23/h4-12,15,20,22,29H,3,13-14,16-19H2,1-2H3,(H,35,36)(H2,30,31,32,33). The Labute approximate surface area is 240 Å². The smallest absolute Gasteiger partial charge is 0.329 e. The van der Waals surface area contributed by atoms with E-state index >= 15 is 0 Å². The molecule has 2 atom stereocenters. The van der Waals surface area contributed by atoms with Gasteiger partial charge in [0.05, 0.1) is 17.2 Å². The molecular weight excluding hydrogens is 570 g/mol. The maximum Gasteiger partial charge on any atom is 0.329 e. The minimum absolute atomic E-state index is 0.0103. The number of piperidine rings is 1. The highest BCUT2D eigenvalue weighted by molar-refractivity contribution is 7.89. The van der Waals surface area contributed by atoms with E-state index in [4.69, 9.17) is 4.52 Å². The molecule has 0 amide bonds. The molecule has 14 heteroatoms. The molecule has 4 rings (SSSR count). The second-order valence-corrected chi connectivity index (χ2v) is 13.7. The van der Waals surface area contributed by atoms with Crippen LogP contribution in [-0.4, -0.2) is 65.5 Å². The molecule has 1 aromatic heterocycles. The molecule has 11 nitrogen and oxygen atoms in total. The van der Waals surface area contributed by atoms with Crippen molar-refractivity contribution < 1.29 is 26.8 Å². The van der Waals surface area contributed by atoms with E-state index < -0.39 is 17.6 Å². The number of aromatic nitrogens is 2. The molecule has 222 valence electrons. The van der Waals surface area contributed by atoms with Crippen molar-refractivity contribution in [3.05, 3.63) is 66.6 Å². The normalized spacial score (nSPS) is 17.1. The number of benzene rings is 2. The molecule has 0 bridgehead atoms. The number of sulfonamides is 1. The molecule has 2 unspecified atom stereocenters. The summed E-state index contributed by atoms with van der Waals surface area (Å²) in [5.41, 5.74) is 1.29. The lowest BCUT2D eigenvalue weighted by atomic mass is 10.1. The van der Waals surface area contributed by atoms with Gasteiger partial charge in [0.1, 0.15) is 11.6 Å².